The number of rotatable bonds is 4. The van der Waals surface area contributed by atoms with Gasteiger partial charge in [-0.2, -0.15) is 0 Å². The molecule has 1 saturated heterocycles. The van der Waals surface area contributed by atoms with Crippen LogP contribution >= 0.6 is 0 Å². The molecule has 20 heavy (non-hydrogen) atoms. The van der Waals surface area contributed by atoms with Crippen LogP contribution in [0, 0.1) is 17.8 Å². The minimum atomic E-state index is 0.454. The molecule has 1 fully saturated rings. The fourth-order valence-corrected chi connectivity index (χ4v) is 2.38. The second-order valence-electron chi connectivity index (χ2n) is 5.43. The van der Waals surface area contributed by atoms with E-state index in [1.807, 2.05) is 24.3 Å². The van der Waals surface area contributed by atoms with E-state index in [1.54, 1.807) is 12.0 Å². The highest BCUT2D eigenvalue weighted by Crippen LogP contribution is 2.16. The van der Waals surface area contributed by atoms with Gasteiger partial charge in [-0.3, -0.25) is 0 Å². The summed E-state index contributed by atoms with van der Waals surface area (Å²) >= 11 is 0. The van der Waals surface area contributed by atoms with Crippen LogP contribution in [0.4, 0.5) is 0 Å². The third-order valence-corrected chi connectivity index (χ3v) is 3.82. The van der Waals surface area contributed by atoms with E-state index in [0.29, 0.717) is 6.61 Å². The maximum absolute atomic E-state index is 5.57. The van der Waals surface area contributed by atoms with Crippen LogP contribution in [0.15, 0.2) is 24.3 Å². The lowest BCUT2D eigenvalue weighted by Gasteiger charge is -2.25. The number of hydrogen-bond acceptors (Lipinski definition) is 2. The van der Waals surface area contributed by atoms with Gasteiger partial charge in [0, 0.05) is 0 Å². The highest BCUT2D eigenvalue weighted by Gasteiger charge is 2.17. The van der Waals surface area contributed by atoms with Crippen molar-refractivity contribution in [3.63, 3.8) is 0 Å². The van der Waals surface area contributed by atoms with E-state index in [2.05, 4.69) is 18.8 Å². The first kappa shape index (κ1) is 14.7. The van der Waals surface area contributed by atoms with Gasteiger partial charge in [0.1, 0.15) is 24.7 Å². The molecule has 0 aliphatic carbocycles. The van der Waals surface area contributed by atoms with Crippen LogP contribution in [0.25, 0.3) is 0 Å². The van der Waals surface area contributed by atoms with E-state index in [-0.39, 0.29) is 0 Å². The molecule has 0 aromatic heterocycles. The standard InChI is InChI=1S/C17H23NO2/c1-15-9-12-18(13-10-15)11-3-4-14-20-17-7-5-16(19-2)6-8-17/h5-8,15H,9-14H2,1-2H3/p+1. The molecule has 2 rings (SSSR count). The molecular weight excluding hydrogens is 250 g/mol. The van der Waals surface area contributed by atoms with Gasteiger partial charge < -0.3 is 14.4 Å². The van der Waals surface area contributed by atoms with Gasteiger partial charge in [0.25, 0.3) is 0 Å². The molecule has 1 N–H and O–H groups in total. The molecule has 1 aliphatic heterocycles. The molecule has 108 valence electrons. The van der Waals surface area contributed by atoms with Gasteiger partial charge >= 0.3 is 0 Å². The summed E-state index contributed by atoms with van der Waals surface area (Å²) in [5, 5.41) is 0. The number of piperidine rings is 1. The van der Waals surface area contributed by atoms with Crippen LogP contribution in [0.5, 0.6) is 11.5 Å². The van der Waals surface area contributed by atoms with Gasteiger partial charge in [-0.25, -0.2) is 0 Å². The number of quaternary nitrogens is 1. The van der Waals surface area contributed by atoms with Gasteiger partial charge in [-0.1, -0.05) is 12.8 Å². The zero-order valence-electron chi connectivity index (χ0n) is 12.4. The van der Waals surface area contributed by atoms with Crippen LogP contribution < -0.4 is 14.4 Å². The molecule has 0 atom stereocenters. The van der Waals surface area contributed by atoms with Crippen molar-refractivity contribution in [1.29, 1.82) is 0 Å². The van der Waals surface area contributed by atoms with Gasteiger partial charge in [0.05, 0.1) is 20.2 Å². The van der Waals surface area contributed by atoms with Crippen LogP contribution in [0.1, 0.15) is 19.8 Å². The Balaban J connectivity index is 1.66. The largest absolute Gasteiger partial charge is 0.497 e. The molecule has 3 nitrogen and oxygen atoms in total. The molecule has 1 aromatic rings. The van der Waals surface area contributed by atoms with E-state index in [4.69, 9.17) is 9.47 Å². The SMILES string of the molecule is COc1ccc(OCC#CC[NH+]2CCC(C)CC2)cc1. The summed E-state index contributed by atoms with van der Waals surface area (Å²) < 4.78 is 10.7. The predicted molar refractivity (Wildman–Crippen MR) is 80.2 cm³/mol. The average Bonchev–Trinajstić information content (AvgIpc) is 2.49. The Hall–Kier alpha value is -1.66. The fraction of sp³-hybridized carbons (Fsp3) is 0.529. The second kappa shape index (κ2) is 7.81. The lowest BCUT2D eigenvalue weighted by molar-refractivity contribution is -0.898. The molecule has 0 unspecified atom stereocenters. The maximum Gasteiger partial charge on any atom is 0.149 e. The maximum atomic E-state index is 5.57. The Morgan fingerprint density at radius 3 is 2.40 bits per heavy atom. The van der Waals surface area contributed by atoms with Crippen molar-refractivity contribution in [2.24, 2.45) is 5.92 Å². The zero-order valence-corrected chi connectivity index (χ0v) is 12.4. The Bertz CT molecular complexity index is 450. The highest BCUT2D eigenvalue weighted by atomic mass is 16.5. The molecule has 0 amide bonds. The summed E-state index contributed by atoms with van der Waals surface area (Å²) in [6.45, 7) is 6.25. The Labute approximate surface area is 121 Å². The van der Waals surface area contributed by atoms with Crippen molar-refractivity contribution in [2.45, 2.75) is 19.8 Å². The topological polar surface area (TPSA) is 22.9 Å². The summed E-state index contributed by atoms with van der Waals surface area (Å²) in [6, 6.07) is 7.58. The van der Waals surface area contributed by atoms with Gasteiger partial charge in [0.2, 0.25) is 0 Å². The molecule has 0 spiro atoms. The average molecular weight is 274 g/mol. The van der Waals surface area contributed by atoms with Gasteiger partial charge in [-0.15, -0.1) is 0 Å². The smallest absolute Gasteiger partial charge is 0.149 e. The lowest BCUT2D eigenvalue weighted by Crippen LogP contribution is -3.13. The first-order valence-corrected chi connectivity index (χ1v) is 7.34. The summed E-state index contributed by atoms with van der Waals surface area (Å²) in [6.07, 6.45) is 2.67. The van der Waals surface area contributed by atoms with Crippen molar-refractivity contribution >= 4 is 0 Å². The van der Waals surface area contributed by atoms with Crippen molar-refractivity contribution in [1.82, 2.24) is 0 Å². The second-order valence-corrected chi connectivity index (χ2v) is 5.43. The Morgan fingerprint density at radius 2 is 1.75 bits per heavy atom. The number of ether oxygens (including phenoxy) is 2. The number of likely N-dealkylation sites (tertiary alicyclic amines) is 1. The third-order valence-electron chi connectivity index (χ3n) is 3.82. The molecular formula is C17H24NO2+. The zero-order chi connectivity index (χ0) is 14.2. The molecule has 0 bridgehead atoms. The molecule has 3 heteroatoms. The summed E-state index contributed by atoms with van der Waals surface area (Å²) in [5.41, 5.74) is 0. The van der Waals surface area contributed by atoms with E-state index < -0.39 is 0 Å². The Kier molecular flexibility index (Phi) is 5.76. The molecule has 0 saturated carbocycles. The monoisotopic (exact) mass is 274 g/mol. The van der Waals surface area contributed by atoms with Crippen molar-refractivity contribution in [3.05, 3.63) is 24.3 Å². The van der Waals surface area contributed by atoms with Crippen molar-refractivity contribution < 1.29 is 14.4 Å². The number of nitrogens with one attached hydrogen (secondary N) is 1. The number of methoxy groups -OCH3 is 1. The number of benzene rings is 1. The van der Waals surface area contributed by atoms with Crippen LogP contribution in [-0.2, 0) is 0 Å². The first-order chi connectivity index (χ1) is 9.78. The van der Waals surface area contributed by atoms with Crippen molar-refractivity contribution in [3.8, 4) is 23.3 Å². The van der Waals surface area contributed by atoms with Crippen LogP contribution in [-0.4, -0.2) is 33.4 Å². The quantitative estimate of drug-likeness (QED) is 0.839. The van der Waals surface area contributed by atoms with E-state index >= 15 is 0 Å². The van der Waals surface area contributed by atoms with E-state index in [0.717, 1.165) is 24.0 Å². The van der Waals surface area contributed by atoms with Crippen molar-refractivity contribution in [2.75, 3.05) is 33.4 Å². The van der Waals surface area contributed by atoms with Gasteiger partial charge in [-0.05, 0) is 48.9 Å². The molecule has 1 aromatic carbocycles. The minimum absolute atomic E-state index is 0.454. The molecule has 1 aliphatic rings. The number of hydrogen-bond donors (Lipinski definition) is 1. The molecule has 1 heterocycles. The van der Waals surface area contributed by atoms with E-state index in [1.165, 1.54) is 25.9 Å². The predicted octanol–water partition coefficient (Wildman–Crippen LogP) is 1.39. The normalized spacial score (nSPS) is 21.7. The van der Waals surface area contributed by atoms with Crippen LogP contribution in [0.3, 0.4) is 0 Å². The summed E-state index contributed by atoms with van der Waals surface area (Å²) in [7, 11) is 1.66. The molecule has 0 radical (unpaired) electrons. The summed E-state index contributed by atoms with van der Waals surface area (Å²) in [5.74, 6) is 8.89. The summed E-state index contributed by atoms with van der Waals surface area (Å²) in [4.78, 5) is 1.61. The first-order valence-electron chi connectivity index (χ1n) is 7.34. The Morgan fingerprint density at radius 1 is 1.10 bits per heavy atom. The van der Waals surface area contributed by atoms with Gasteiger partial charge in [0.15, 0.2) is 0 Å². The highest BCUT2D eigenvalue weighted by molar-refractivity contribution is 5.31. The minimum Gasteiger partial charge on any atom is -0.497 e. The third kappa shape index (κ3) is 4.79. The van der Waals surface area contributed by atoms with Crippen LogP contribution in [0.2, 0.25) is 0 Å². The van der Waals surface area contributed by atoms with E-state index in [9.17, 15) is 0 Å². The fourth-order valence-electron chi connectivity index (χ4n) is 2.38. The lowest BCUT2D eigenvalue weighted by atomic mass is 9.99.